The van der Waals surface area contributed by atoms with Crippen LogP contribution in [0.25, 0.3) is 6.08 Å². The van der Waals surface area contributed by atoms with E-state index in [4.69, 9.17) is 0 Å². The molecule has 70 valence electrons. The highest BCUT2D eigenvalue weighted by Gasteiger charge is 2.05. The van der Waals surface area contributed by atoms with Gasteiger partial charge in [0, 0.05) is 0 Å². The van der Waals surface area contributed by atoms with Gasteiger partial charge in [-0.1, -0.05) is 25.6 Å². The molecule has 0 saturated carbocycles. The topological polar surface area (TPSA) is 0 Å². The standard InChI is InChI=1S/C13H18/c1-6-12-8-9(3)10(4)11(5)13(12)7-2/h7-8H,2,6H2,1,3-5H3. The van der Waals surface area contributed by atoms with Gasteiger partial charge >= 0.3 is 0 Å². The molecule has 0 unspecified atom stereocenters. The van der Waals surface area contributed by atoms with Crippen LogP contribution in [-0.2, 0) is 6.42 Å². The van der Waals surface area contributed by atoms with Crippen LogP contribution in [0.3, 0.4) is 0 Å². The van der Waals surface area contributed by atoms with Gasteiger partial charge in [-0.15, -0.1) is 0 Å². The molecule has 0 aromatic heterocycles. The number of hydrogen-bond donors (Lipinski definition) is 0. The first-order valence-corrected chi connectivity index (χ1v) is 4.83. The first-order valence-electron chi connectivity index (χ1n) is 4.83. The number of rotatable bonds is 2. The molecule has 13 heavy (non-hydrogen) atoms. The minimum absolute atomic E-state index is 1.09. The Balaban J connectivity index is 3.47. The van der Waals surface area contributed by atoms with Crippen LogP contribution >= 0.6 is 0 Å². The van der Waals surface area contributed by atoms with Crippen molar-refractivity contribution in [1.29, 1.82) is 0 Å². The highest BCUT2D eigenvalue weighted by molar-refractivity contribution is 5.59. The summed E-state index contributed by atoms with van der Waals surface area (Å²) >= 11 is 0. The first-order chi connectivity index (χ1) is 6.11. The van der Waals surface area contributed by atoms with E-state index in [1.807, 2.05) is 6.08 Å². The van der Waals surface area contributed by atoms with E-state index in [0.29, 0.717) is 0 Å². The normalized spacial score (nSPS) is 10.2. The summed E-state index contributed by atoms with van der Waals surface area (Å²) in [5.74, 6) is 0. The summed E-state index contributed by atoms with van der Waals surface area (Å²) in [6.45, 7) is 12.6. The van der Waals surface area contributed by atoms with Crippen molar-refractivity contribution in [2.24, 2.45) is 0 Å². The second-order valence-electron chi connectivity index (χ2n) is 3.57. The zero-order valence-electron chi connectivity index (χ0n) is 9.07. The molecular formula is C13H18. The molecule has 0 heterocycles. The van der Waals surface area contributed by atoms with Crippen LogP contribution in [0.1, 0.15) is 34.7 Å². The lowest BCUT2D eigenvalue weighted by Crippen LogP contribution is -1.96. The second kappa shape index (κ2) is 3.78. The van der Waals surface area contributed by atoms with E-state index in [2.05, 4.69) is 40.3 Å². The summed E-state index contributed by atoms with van der Waals surface area (Å²) < 4.78 is 0. The quantitative estimate of drug-likeness (QED) is 0.639. The Morgan fingerprint density at radius 1 is 1.23 bits per heavy atom. The smallest absolute Gasteiger partial charge is 0.0198 e. The SMILES string of the molecule is C=Cc1c(CC)cc(C)c(C)c1C. The molecule has 0 atom stereocenters. The summed E-state index contributed by atoms with van der Waals surface area (Å²) in [6, 6.07) is 2.28. The van der Waals surface area contributed by atoms with Gasteiger partial charge in [-0.2, -0.15) is 0 Å². The zero-order chi connectivity index (χ0) is 10.0. The summed E-state index contributed by atoms with van der Waals surface area (Å²) in [4.78, 5) is 0. The van der Waals surface area contributed by atoms with Crippen LogP contribution in [0.2, 0.25) is 0 Å². The Morgan fingerprint density at radius 3 is 2.31 bits per heavy atom. The van der Waals surface area contributed by atoms with E-state index in [1.54, 1.807) is 0 Å². The second-order valence-corrected chi connectivity index (χ2v) is 3.57. The minimum atomic E-state index is 1.09. The molecule has 0 aliphatic rings. The molecule has 1 aromatic carbocycles. The summed E-state index contributed by atoms with van der Waals surface area (Å²) in [5, 5.41) is 0. The third-order valence-corrected chi connectivity index (χ3v) is 2.88. The van der Waals surface area contributed by atoms with Crippen LogP contribution in [0.4, 0.5) is 0 Å². The first kappa shape index (κ1) is 10.0. The van der Waals surface area contributed by atoms with Crippen molar-refractivity contribution in [3.8, 4) is 0 Å². The lowest BCUT2D eigenvalue weighted by atomic mass is 9.92. The van der Waals surface area contributed by atoms with E-state index < -0.39 is 0 Å². The number of aryl methyl sites for hydroxylation is 2. The van der Waals surface area contributed by atoms with Crippen LogP contribution in [-0.4, -0.2) is 0 Å². The monoisotopic (exact) mass is 174 g/mol. The molecule has 0 aliphatic carbocycles. The molecule has 0 aliphatic heterocycles. The van der Waals surface area contributed by atoms with Gasteiger partial charge in [-0.3, -0.25) is 0 Å². The third-order valence-electron chi connectivity index (χ3n) is 2.88. The molecule has 0 nitrogen and oxygen atoms in total. The van der Waals surface area contributed by atoms with Crippen molar-refractivity contribution in [1.82, 2.24) is 0 Å². The average Bonchev–Trinajstić information content (AvgIpc) is 2.13. The van der Waals surface area contributed by atoms with Crippen molar-refractivity contribution < 1.29 is 0 Å². The Hall–Kier alpha value is -1.04. The minimum Gasteiger partial charge on any atom is -0.0984 e. The van der Waals surface area contributed by atoms with E-state index in [-0.39, 0.29) is 0 Å². The van der Waals surface area contributed by atoms with Crippen LogP contribution in [0, 0.1) is 20.8 Å². The molecule has 0 amide bonds. The van der Waals surface area contributed by atoms with E-state index in [9.17, 15) is 0 Å². The van der Waals surface area contributed by atoms with Gasteiger partial charge in [0.1, 0.15) is 0 Å². The van der Waals surface area contributed by atoms with E-state index >= 15 is 0 Å². The maximum atomic E-state index is 3.87. The van der Waals surface area contributed by atoms with Crippen LogP contribution in [0.15, 0.2) is 12.6 Å². The molecule has 0 heteroatoms. The predicted molar refractivity (Wildman–Crippen MR) is 60.1 cm³/mol. The highest BCUT2D eigenvalue weighted by Crippen LogP contribution is 2.23. The van der Waals surface area contributed by atoms with Crippen molar-refractivity contribution in [3.05, 3.63) is 40.5 Å². The molecular weight excluding hydrogens is 156 g/mol. The zero-order valence-corrected chi connectivity index (χ0v) is 9.07. The largest absolute Gasteiger partial charge is 0.0984 e. The van der Waals surface area contributed by atoms with Crippen molar-refractivity contribution in [3.63, 3.8) is 0 Å². The summed E-state index contributed by atoms with van der Waals surface area (Å²) in [5.41, 5.74) is 6.90. The van der Waals surface area contributed by atoms with Gasteiger partial charge in [-0.25, -0.2) is 0 Å². The van der Waals surface area contributed by atoms with Gasteiger partial charge in [0.25, 0.3) is 0 Å². The number of hydrogen-bond acceptors (Lipinski definition) is 0. The molecule has 0 spiro atoms. The fourth-order valence-electron chi connectivity index (χ4n) is 1.76. The number of benzene rings is 1. The lowest BCUT2D eigenvalue weighted by Gasteiger charge is -2.13. The molecule has 0 fully saturated rings. The van der Waals surface area contributed by atoms with Gasteiger partial charge < -0.3 is 0 Å². The highest BCUT2D eigenvalue weighted by atomic mass is 14.1. The molecule has 0 N–H and O–H groups in total. The third kappa shape index (κ3) is 1.67. The van der Waals surface area contributed by atoms with Crippen molar-refractivity contribution in [2.75, 3.05) is 0 Å². The molecule has 0 radical (unpaired) electrons. The van der Waals surface area contributed by atoms with Crippen molar-refractivity contribution in [2.45, 2.75) is 34.1 Å². The maximum Gasteiger partial charge on any atom is -0.0198 e. The fourth-order valence-corrected chi connectivity index (χ4v) is 1.76. The molecule has 0 saturated heterocycles. The maximum absolute atomic E-state index is 3.87. The van der Waals surface area contributed by atoms with Gasteiger partial charge in [0.05, 0.1) is 0 Å². The Morgan fingerprint density at radius 2 is 1.85 bits per heavy atom. The lowest BCUT2D eigenvalue weighted by molar-refractivity contribution is 1.10. The van der Waals surface area contributed by atoms with Gasteiger partial charge in [0.15, 0.2) is 0 Å². The van der Waals surface area contributed by atoms with E-state index in [1.165, 1.54) is 27.8 Å². The summed E-state index contributed by atoms with van der Waals surface area (Å²) in [6.07, 6.45) is 3.06. The molecule has 1 aromatic rings. The van der Waals surface area contributed by atoms with Crippen molar-refractivity contribution >= 4 is 6.08 Å². The van der Waals surface area contributed by atoms with Gasteiger partial charge in [0.2, 0.25) is 0 Å². The van der Waals surface area contributed by atoms with Crippen LogP contribution in [0.5, 0.6) is 0 Å². The molecule has 0 bridgehead atoms. The Bertz CT molecular complexity index is 332. The Kier molecular flexibility index (Phi) is 2.92. The van der Waals surface area contributed by atoms with Crippen LogP contribution < -0.4 is 0 Å². The van der Waals surface area contributed by atoms with E-state index in [0.717, 1.165) is 6.42 Å². The summed E-state index contributed by atoms with van der Waals surface area (Å²) in [7, 11) is 0. The predicted octanol–water partition coefficient (Wildman–Crippen LogP) is 3.82. The fraction of sp³-hybridized carbons (Fsp3) is 0.385. The Labute approximate surface area is 81.3 Å². The van der Waals surface area contributed by atoms with Gasteiger partial charge in [-0.05, 0) is 55.0 Å². The molecule has 1 rings (SSSR count). The average molecular weight is 174 g/mol.